The van der Waals surface area contributed by atoms with Crippen LogP contribution in [0.15, 0.2) is 24.3 Å². The summed E-state index contributed by atoms with van der Waals surface area (Å²) in [6.45, 7) is 4.34. The largest absolute Gasteiger partial charge is 0.394 e. The molecule has 0 saturated carbocycles. The van der Waals surface area contributed by atoms with Crippen LogP contribution in [0.3, 0.4) is 0 Å². The Kier molecular flexibility index (Phi) is 52.2. The normalized spacial score (nSPS) is 12.9. The second kappa shape index (κ2) is 53.2. The van der Waals surface area contributed by atoms with Crippen LogP contribution in [0.2, 0.25) is 0 Å². The Hall–Kier alpha value is -1.13. The van der Waals surface area contributed by atoms with Crippen molar-refractivity contribution >= 4 is 5.91 Å². The molecule has 3 N–H and O–H groups in total. The molecule has 2 atom stereocenters. The van der Waals surface area contributed by atoms with Crippen molar-refractivity contribution in [2.75, 3.05) is 6.61 Å². The molecule has 0 aromatic rings. The van der Waals surface area contributed by atoms with Gasteiger partial charge >= 0.3 is 0 Å². The van der Waals surface area contributed by atoms with Gasteiger partial charge in [-0.3, -0.25) is 4.79 Å². The van der Waals surface area contributed by atoms with Crippen molar-refractivity contribution in [3.63, 3.8) is 0 Å². The van der Waals surface area contributed by atoms with Crippen LogP contribution >= 0.6 is 0 Å². The van der Waals surface area contributed by atoms with Crippen molar-refractivity contribution in [1.82, 2.24) is 5.32 Å². The van der Waals surface area contributed by atoms with Gasteiger partial charge in [-0.25, -0.2) is 0 Å². The highest BCUT2D eigenvalue weighted by atomic mass is 16.3. The van der Waals surface area contributed by atoms with Gasteiger partial charge in [-0.15, -0.1) is 0 Å². The summed E-state index contributed by atoms with van der Waals surface area (Å²) in [5.41, 5.74) is 0. The molecule has 61 heavy (non-hydrogen) atoms. The van der Waals surface area contributed by atoms with Crippen molar-refractivity contribution in [2.45, 2.75) is 328 Å². The SMILES string of the molecule is CCCCCCCCCC/C=C\CCCCCCCCCCCCCCCCCC(=O)NC(CO)C(O)/C=C/CCCCCCCCCCCCCCCCCCCCCC. The van der Waals surface area contributed by atoms with Crippen molar-refractivity contribution in [3.05, 3.63) is 24.3 Å². The highest BCUT2D eigenvalue weighted by Gasteiger charge is 2.18. The number of carbonyl (C=O) groups excluding carboxylic acids is 1. The van der Waals surface area contributed by atoms with E-state index in [-0.39, 0.29) is 12.5 Å². The zero-order valence-corrected chi connectivity index (χ0v) is 41.7. The Bertz CT molecular complexity index is 886. The first kappa shape index (κ1) is 59.9. The third-order valence-corrected chi connectivity index (χ3v) is 13.2. The van der Waals surface area contributed by atoms with Gasteiger partial charge in [0, 0.05) is 6.42 Å². The highest BCUT2D eigenvalue weighted by molar-refractivity contribution is 5.76. The number of nitrogens with one attached hydrogen (secondary N) is 1. The van der Waals surface area contributed by atoms with E-state index in [0.29, 0.717) is 6.42 Å². The molecule has 362 valence electrons. The van der Waals surface area contributed by atoms with Gasteiger partial charge in [-0.05, 0) is 44.9 Å². The Balaban J connectivity index is 3.46. The molecular formula is C57H111NO3. The van der Waals surface area contributed by atoms with E-state index >= 15 is 0 Å². The fraction of sp³-hybridized carbons (Fsp3) is 0.912. The maximum Gasteiger partial charge on any atom is 0.220 e. The summed E-state index contributed by atoms with van der Waals surface area (Å²) in [5.74, 6) is -0.0580. The summed E-state index contributed by atoms with van der Waals surface area (Å²) < 4.78 is 0. The molecule has 0 rings (SSSR count). The summed E-state index contributed by atoms with van der Waals surface area (Å²) in [6, 6.07) is -0.620. The zero-order chi connectivity index (χ0) is 44.2. The van der Waals surface area contributed by atoms with Crippen LogP contribution in [0, 0.1) is 0 Å². The number of rotatable bonds is 52. The monoisotopic (exact) mass is 858 g/mol. The first-order valence-corrected chi connectivity index (χ1v) is 28.1. The lowest BCUT2D eigenvalue weighted by Gasteiger charge is -2.20. The number of carbonyl (C=O) groups is 1. The number of unbranched alkanes of at least 4 members (excludes halogenated alkanes) is 43. The number of allylic oxidation sites excluding steroid dienone is 3. The zero-order valence-electron chi connectivity index (χ0n) is 41.7. The molecule has 0 radical (unpaired) electrons. The molecular weight excluding hydrogens is 747 g/mol. The van der Waals surface area contributed by atoms with E-state index in [2.05, 4.69) is 31.3 Å². The maximum atomic E-state index is 12.5. The average molecular weight is 859 g/mol. The van der Waals surface area contributed by atoms with Gasteiger partial charge in [0.15, 0.2) is 0 Å². The van der Waals surface area contributed by atoms with E-state index in [0.717, 1.165) is 25.7 Å². The van der Waals surface area contributed by atoms with E-state index in [4.69, 9.17) is 0 Å². The molecule has 0 aromatic heterocycles. The predicted octanol–water partition coefficient (Wildman–Crippen LogP) is 18.3. The van der Waals surface area contributed by atoms with Gasteiger partial charge in [0.25, 0.3) is 0 Å². The molecule has 0 aliphatic carbocycles. The third kappa shape index (κ3) is 49.7. The Labute approximate surface area is 383 Å². The lowest BCUT2D eigenvalue weighted by molar-refractivity contribution is -0.123. The fourth-order valence-corrected chi connectivity index (χ4v) is 8.88. The first-order valence-electron chi connectivity index (χ1n) is 28.1. The molecule has 0 aromatic carbocycles. The number of hydrogen-bond donors (Lipinski definition) is 3. The predicted molar refractivity (Wildman–Crippen MR) is 272 cm³/mol. The second-order valence-electron chi connectivity index (χ2n) is 19.4. The van der Waals surface area contributed by atoms with Crippen LogP contribution in [0.5, 0.6) is 0 Å². The molecule has 0 heterocycles. The lowest BCUT2D eigenvalue weighted by atomic mass is 10.0. The van der Waals surface area contributed by atoms with E-state index < -0.39 is 12.1 Å². The molecule has 0 aliphatic heterocycles. The minimum atomic E-state index is -0.837. The van der Waals surface area contributed by atoms with Gasteiger partial charge < -0.3 is 15.5 Å². The second-order valence-corrected chi connectivity index (χ2v) is 19.4. The van der Waals surface area contributed by atoms with Gasteiger partial charge in [-0.1, -0.05) is 289 Å². The standard InChI is InChI=1S/C57H111NO3/c1-3-5-7-9-11-13-15-17-19-21-23-25-27-28-29-30-31-33-35-37-39-41-43-45-47-49-51-53-57(61)58-55(54-59)56(60)52-50-48-46-44-42-40-38-36-34-32-26-24-22-20-18-16-14-12-10-8-6-4-2/h21,23,50,52,55-56,59-60H,3-20,22,24-49,51,53-54H2,1-2H3,(H,58,61)/b23-21-,52-50+. The first-order chi connectivity index (χ1) is 30.2. The van der Waals surface area contributed by atoms with Crippen LogP contribution < -0.4 is 5.32 Å². The van der Waals surface area contributed by atoms with Gasteiger partial charge in [0.1, 0.15) is 0 Å². The molecule has 4 nitrogen and oxygen atoms in total. The summed E-state index contributed by atoms with van der Waals surface area (Å²) >= 11 is 0. The number of aliphatic hydroxyl groups excluding tert-OH is 2. The van der Waals surface area contributed by atoms with Crippen LogP contribution in [-0.2, 0) is 4.79 Å². The molecule has 4 heteroatoms. The molecule has 0 saturated heterocycles. The van der Waals surface area contributed by atoms with E-state index in [1.54, 1.807) is 6.08 Å². The fourth-order valence-electron chi connectivity index (χ4n) is 8.88. The van der Waals surface area contributed by atoms with Crippen LogP contribution in [0.4, 0.5) is 0 Å². The summed E-state index contributed by atoms with van der Waals surface area (Å²) in [5, 5.41) is 23.2. The van der Waals surface area contributed by atoms with Gasteiger partial charge in [-0.2, -0.15) is 0 Å². The lowest BCUT2D eigenvalue weighted by Crippen LogP contribution is -2.45. The van der Waals surface area contributed by atoms with E-state index in [9.17, 15) is 15.0 Å². The van der Waals surface area contributed by atoms with Crippen molar-refractivity contribution in [3.8, 4) is 0 Å². The molecule has 0 fully saturated rings. The van der Waals surface area contributed by atoms with E-state index in [1.165, 1.54) is 270 Å². The molecule has 0 aliphatic rings. The number of hydrogen-bond acceptors (Lipinski definition) is 3. The van der Waals surface area contributed by atoms with Crippen LogP contribution in [-0.4, -0.2) is 34.9 Å². The molecule has 0 bridgehead atoms. The quantitative estimate of drug-likeness (QED) is 0.0422. The van der Waals surface area contributed by atoms with E-state index in [1.807, 2.05) is 6.08 Å². The van der Waals surface area contributed by atoms with Gasteiger partial charge in [0.2, 0.25) is 5.91 Å². The number of aliphatic hydroxyl groups is 2. The summed E-state index contributed by atoms with van der Waals surface area (Å²) in [6.07, 6.45) is 70.5. The Morgan fingerprint density at radius 3 is 0.902 bits per heavy atom. The maximum absolute atomic E-state index is 12.5. The molecule has 2 unspecified atom stereocenters. The summed E-state index contributed by atoms with van der Waals surface area (Å²) in [7, 11) is 0. The van der Waals surface area contributed by atoms with Crippen molar-refractivity contribution < 1.29 is 15.0 Å². The minimum absolute atomic E-state index is 0.0580. The highest BCUT2D eigenvalue weighted by Crippen LogP contribution is 2.17. The number of amides is 1. The van der Waals surface area contributed by atoms with Crippen molar-refractivity contribution in [2.24, 2.45) is 0 Å². The molecule has 1 amide bonds. The van der Waals surface area contributed by atoms with Gasteiger partial charge in [0.05, 0.1) is 18.8 Å². The smallest absolute Gasteiger partial charge is 0.220 e. The van der Waals surface area contributed by atoms with Crippen LogP contribution in [0.1, 0.15) is 316 Å². The third-order valence-electron chi connectivity index (χ3n) is 13.2. The molecule has 0 spiro atoms. The summed E-state index contributed by atoms with van der Waals surface area (Å²) in [4.78, 5) is 12.5. The average Bonchev–Trinajstić information content (AvgIpc) is 3.26. The topological polar surface area (TPSA) is 69.6 Å². The van der Waals surface area contributed by atoms with Crippen molar-refractivity contribution in [1.29, 1.82) is 0 Å². The Morgan fingerprint density at radius 1 is 0.377 bits per heavy atom. The van der Waals surface area contributed by atoms with Crippen LogP contribution in [0.25, 0.3) is 0 Å². The Morgan fingerprint density at radius 2 is 0.623 bits per heavy atom. The minimum Gasteiger partial charge on any atom is -0.394 e.